The molecule has 2 rings (SSSR count). The lowest BCUT2D eigenvalue weighted by Crippen LogP contribution is -2.21. The van der Waals surface area contributed by atoms with Crippen LogP contribution in [0.2, 0.25) is 0 Å². The van der Waals surface area contributed by atoms with Crippen LogP contribution < -0.4 is 5.32 Å². The molecule has 0 fully saturated rings. The lowest BCUT2D eigenvalue weighted by atomic mass is 10.0. The van der Waals surface area contributed by atoms with Crippen LogP contribution in [0.25, 0.3) is 6.08 Å². The van der Waals surface area contributed by atoms with E-state index in [0.29, 0.717) is 11.8 Å². The predicted molar refractivity (Wildman–Crippen MR) is 91.8 cm³/mol. The smallest absolute Gasteiger partial charge is 0.115 e. The highest BCUT2D eigenvalue weighted by molar-refractivity contribution is 5.44. The molecule has 1 unspecified atom stereocenters. The molecule has 0 aliphatic heterocycles. The molecule has 2 N–H and O–H groups in total. The minimum absolute atomic E-state index is 0.306. The normalized spacial score (nSPS) is 12.6. The molecule has 0 aliphatic carbocycles. The van der Waals surface area contributed by atoms with Crippen LogP contribution in [0.3, 0.4) is 0 Å². The fraction of sp³-hybridized carbons (Fsp3) is 0.316. The van der Waals surface area contributed by atoms with Crippen molar-refractivity contribution in [3.05, 3.63) is 65.5 Å². The number of benzene rings is 1. The number of hydrogen-bond donors (Lipinski definition) is 2. The molecule has 3 nitrogen and oxygen atoms in total. The third kappa shape index (κ3) is 5.01. The fourth-order valence-electron chi connectivity index (χ4n) is 2.43. The largest absolute Gasteiger partial charge is 0.508 e. The van der Waals surface area contributed by atoms with Crippen LogP contribution in [-0.4, -0.2) is 16.6 Å². The highest BCUT2D eigenvalue weighted by atomic mass is 16.3. The lowest BCUT2D eigenvalue weighted by Gasteiger charge is -2.17. The van der Waals surface area contributed by atoms with E-state index in [1.165, 1.54) is 5.56 Å². The van der Waals surface area contributed by atoms with E-state index >= 15 is 0 Å². The minimum atomic E-state index is 0.306. The van der Waals surface area contributed by atoms with Crippen LogP contribution >= 0.6 is 0 Å². The number of phenols is 1. The van der Waals surface area contributed by atoms with Gasteiger partial charge >= 0.3 is 0 Å². The van der Waals surface area contributed by atoms with Gasteiger partial charge in [0.15, 0.2) is 0 Å². The van der Waals surface area contributed by atoms with Crippen LogP contribution in [-0.2, 0) is 0 Å². The molecule has 22 heavy (non-hydrogen) atoms. The summed E-state index contributed by atoms with van der Waals surface area (Å²) in [5.74, 6) is 0.310. The van der Waals surface area contributed by atoms with Crippen molar-refractivity contribution in [1.82, 2.24) is 10.3 Å². The second-order valence-corrected chi connectivity index (χ2v) is 5.45. The summed E-state index contributed by atoms with van der Waals surface area (Å²) in [4.78, 5) is 4.45. The summed E-state index contributed by atoms with van der Waals surface area (Å²) in [6.45, 7) is 4.97. The molecule has 1 aromatic carbocycles. The standard InChI is InChI=1S/C19H24N2O/c1-3-6-19(16-10-12-18(22)13-11-16)20-14-5-9-17-8-4-7-15(2)21-17/h4-5,7-13,19-20,22H,3,6,14H2,1-2H3/b9-5+. The maximum Gasteiger partial charge on any atom is 0.115 e. The third-order valence-electron chi connectivity index (χ3n) is 3.55. The van der Waals surface area contributed by atoms with Gasteiger partial charge in [-0.3, -0.25) is 4.98 Å². The molecule has 0 bridgehead atoms. The number of nitrogens with one attached hydrogen (secondary N) is 1. The first-order valence-corrected chi connectivity index (χ1v) is 7.81. The number of hydrogen-bond acceptors (Lipinski definition) is 3. The van der Waals surface area contributed by atoms with Crippen LogP contribution in [0.5, 0.6) is 5.75 Å². The number of phenolic OH excluding ortho intramolecular Hbond substituents is 1. The molecule has 0 saturated carbocycles. The lowest BCUT2D eigenvalue weighted by molar-refractivity contribution is 0.473. The predicted octanol–water partition coefficient (Wildman–Crippen LogP) is 4.24. The van der Waals surface area contributed by atoms with Crippen molar-refractivity contribution >= 4 is 6.08 Å². The number of nitrogens with zero attached hydrogens (tertiary/aromatic N) is 1. The summed E-state index contributed by atoms with van der Waals surface area (Å²) < 4.78 is 0. The van der Waals surface area contributed by atoms with Gasteiger partial charge in [-0.05, 0) is 49.2 Å². The Kier molecular flexibility index (Phi) is 6.16. The molecular weight excluding hydrogens is 272 g/mol. The van der Waals surface area contributed by atoms with Gasteiger partial charge in [0.05, 0.1) is 5.69 Å². The molecule has 2 aromatic rings. The van der Waals surface area contributed by atoms with Crippen molar-refractivity contribution in [3.8, 4) is 5.75 Å². The monoisotopic (exact) mass is 296 g/mol. The molecule has 3 heteroatoms. The van der Waals surface area contributed by atoms with Gasteiger partial charge < -0.3 is 10.4 Å². The number of pyridine rings is 1. The SMILES string of the molecule is CCCC(NC/C=C/c1cccc(C)n1)c1ccc(O)cc1. The molecule has 0 amide bonds. The molecule has 1 atom stereocenters. The Labute approximate surface area is 132 Å². The molecule has 0 radical (unpaired) electrons. The van der Waals surface area contributed by atoms with Gasteiger partial charge in [0.25, 0.3) is 0 Å². The first-order chi connectivity index (χ1) is 10.7. The zero-order chi connectivity index (χ0) is 15.8. The summed E-state index contributed by atoms with van der Waals surface area (Å²) in [7, 11) is 0. The zero-order valence-corrected chi connectivity index (χ0v) is 13.3. The summed E-state index contributed by atoms with van der Waals surface area (Å²) in [5.41, 5.74) is 3.23. The van der Waals surface area contributed by atoms with Crippen LogP contribution in [0, 0.1) is 6.92 Å². The van der Waals surface area contributed by atoms with Gasteiger partial charge in [0.2, 0.25) is 0 Å². The van der Waals surface area contributed by atoms with Gasteiger partial charge in [-0.1, -0.05) is 37.6 Å². The van der Waals surface area contributed by atoms with Crippen molar-refractivity contribution in [3.63, 3.8) is 0 Å². The van der Waals surface area contributed by atoms with Crippen LogP contribution in [0.1, 0.15) is 42.8 Å². The molecule has 0 spiro atoms. The average molecular weight is 296 g/mol. The Morgan fingerprint density at radius 3 is 2.64 bits per heavy atom. The first kappa shape index (κ1) is 16.2. The molecule has 0 saturated heterocycles. The Bertz CT molecular complexity index is 605. The van der Waals surface area contributed by atoms with E-state index in [-0.39, 0.29) is 0 Å². The van der Waals surface area contributed by atoms with E-state index in [2.05, 4.69) is 23.3 Å². The number of rotatable bonds is 7. The van der Waals surface area contributed by atoms with Gasteiger partial charge in [-0.25, -0.2) is 0 Å². The minimum Gasteiger partial charge on any atom is -0.508 e. The fourth-order valence-corrected chi connectivity index (χ4v) is 2.43. The number of aromatic nitrogens is 1. The molecule has 1 heterocycles. The Balaban J connectivity index is 1.93. The maximum atomic E-state index is 9.39. The summed E-state index contributed by atoms with van der Waals surface area (Å²) in [6, 6.07) is 13.8. The second kappa shape index (κ2) is 8.35. The highest BCUT2D eigenvalue weighted by Crippen LogP contribution is 2.20. The van der Waals surface area contributed by atoms with Crippen molar-refractivity contribution in [2.45, 2.75) is 32.7 Å². The quantitative estimate of drug-likeness (QED) is 0.803. The second-order valence-electron chi connectivity index (χ2n) is 5.45. The third-order valence-corrected chi connectivity index (χ3v) is 3.55. The number of aryl methyl sites for hydroxylation is 1. The Hall–Kier alpha value is -2.13. The maximum absolute atomic E-state index is 9.39. The molecule has 116 valence electrons. The first-order valence-electron chi connectivity index (χ1n) is 7.81. The molecule has 0 aliphatic rings. The van der Waals surface area contributed by atoms with E-state index in [0.717, 1.165) is 30.8 Å². The number of aromatic hydroxyl groups is 1. The summed E-state index contributed by atoms with van der Waals surface area (Å²) >= 11 is 0. The van der Waals surface area contributed by atoms with E-state index in [4.69, 9.17) is 0 Å². The Morgan fingerprint density at radius 1 is 1.18 bits per heavy atom. The van der Waals surface area contributed by atoms with Gasteiger partial charge in [0.1, 0.15) is 5.75 Å². The molecular formula is C19H24N2O. The van der Waals surface area contributed by atoms with E-state index in [9.17, 15) is 5.11 Å². The van der Waals surface area contributed by atoms with Gasteiger partial charge in [-0.2, -0.15) is 0 Å². The van der Waals surface area contributed by atoms with E-state index in [1.807, 2.05) is 43.3 Å². The van der Waals surface area contributed by atoms with E-state index < -0.39 is 0 Å². The van der Waals surface area contributed by atoms with Crippen molar-refractivity contribution in [1.29, 1.82) is 0 Å². The highest BCUT2D eigenvalue weighted by Gasteiger charge is 2.08. The van der Waals surface area contributed by atoms with Gasteiger partial charge in [-0.15, -0.1) is 0 Å². The van der Waals surface area contributed by atoms with Crippen LogP contribution in [0.4, 0.5) is 0 Å². The average Bonchev–Trinajstić information content (AvgIpc) is 2.51. The topological polar surface area (TPSA) is 45.2 Å². The van der Waals surface area contributed by atoms with Crippen molar-refractivity contribution < 1.29 is 5.11 Å². The van der Waals surface area contributed by atoms with E-state index in [1.54, 1.807) is 12.1 Å². The van der Waals surface area contributed by atoms with Crippen LogP contribution in [0.15, 0.2) is 48.5 Å². The zero-order valence-electron chi connectivity index (χ0n) is 13.3. The molecule has 1 aromatic heterocycles. The summed E-state index contributed by atoms with van der Waals surface area (Å²) in [5, 5.41) is 12.9. The van der Waals surface area contributed by atoms with Crippen molar-refractivity contribution in [2.24, 2.45) is 0 Å². The summed E-state index contributed by atoms with van der Waals surface area (Å²) in [6.07, 6.45) is 6.33. The van der Waals surface area contributed by atoms with Gasteiger partial charge in [0, 0.05) is 18.3 Å². The Morgan fingerprint density at radius 2 is 1.95 bits per heavy atom. The van der Waals surface area contributed by atoms with Crippen molar-refractivity contribution in [2.75, 3.05) is 6.54 Å².